The monoisotopic (exact) mass is 428 g/mol. The summed E-state index contributed by atoms with van der Waals surface area (Å²) in [6.07, 6.45) is 0.915. The molecule has 158 valence electrons. The summed E-state index contributed by atoms with van der Waals surface area (Å²) in [4.78, 5) is 16.8. The van der Waals surface area contributed by atoms with Crippen molar-refractivity contribution in [2.24, 2.45) is 0 Å². The molecule has 0 unspecified atom stereocenters. The molecule has 30 heavy (non-hydrogen) atoms. The molecule has 5 rings (SSSR count). The second-order valence-corrected chi connectivity index (χ2v) is 10.2. The van der Waals surface area contributed by atoms with Gasteiger partial charge in [-0.05, 0) is 41.8 Å². The van der Waals surface area contributed by atoms with Crippen molar-refractivity contribution < 1.29 is 22.7 Å². The van der Waals surface area contributed by atoms with Crippen molar-refractivity contribution in [3.8, 4) is 11.5 Å². The standard InChI is InChI=1S/C22H24N2O5S/c1-2-15-3-6-17(7-4-15)24-19-13-30(26,27)12-18(19)23(11-22(24)25)10-16-5-8-20-21(9-16)29-14-28-20/h3-9,18-19H,2,10-14H2,1H3/t18-,19+/m0/s1. The predicted molar refractivity (Wildman–Crippen MR) is 113 cm³/mol. The Kier molecular flexibility index (Phi) is 4.71. The van der Waals surface area contributed by atoms with Crippen LogP contribution in [0.4, 0.5) is 5.69 Å². The quantitative estimate of drug-likeness (QED) is 0.741. The molecule has 3 heterocycles. The van der Waals surface area contributed by atoms with Crippen molar-refractivity contribution in [2.45, 2.75) is 32.0 Å². The summed E-state index contributed by atoms with van der Waals surface area (Å²) in [5.74, 6) is 1.38. The van der Waals surface area contributed by atoms with Crippen LogP contribution < -0.4 is 14.4 Å². The molecule has 2 atom stereocenters. The number of nitrogens with zero attached hydrogens (tertiary/aromatic N) is 2. The second-order valence-electron chi connectivity index (χ2n) is 8.09. The highest BCUT2D eigenvalue weighted by Crippen LogP contribution is 2.35. The van der Waals surface area contributed by atoms with Crippen LogP contribution in [0.1, 0.15) is 18.1 Å². The lowest BCUT2D eigenvalue weighted by Gasteiger charge is -2.43. The molecular formula is C22H24N2O5S. The Morgan fingerprint density at radius 1 is 0.967 bits per heavy atom. The lowest BCUT2D eigenvalue weighted by Crippen LogP contribution is -2.61. The second kappa shape index (κ2) is 7.28. The maximum absolute atomic E-state index is 13.1. The maximum Gasteiger partial charge on any atom is 0.241 e. The number of carbonyl (C=O) groups excluding carboxylic acids is 1. The molecule has 3 aliphatic rings. The topological polar surface area (TPSA) is 76.2 Å². The fourth-order valence-corrected chi connectivity index (χ4v) is 6.61. The summed E-state index contributed by atoms with van der Waals surface area (Å²) in [6, 6.07) is 12.9. The summed E-state index contributed by atoms with van der Waals surface area (Å²) in [5.41, 5.74) is 2.92. The van der Waals surface area contributed by atoms with Crippen molar-refractivity contribution >= 4 is 21.4 Å². The van der Waals surface area contributed by atoms with E-state index in [9.17, 15) is 13.2 Å². The van der Waals surface area contributed by atoms with E-state index in [1.54, 1.807) is 4.90 Å². The van der Waals surface area contributed by atoms with E-state index < -0.39 is 9.84 Å². The van der Waals surface area contributed by atoms with Crippen molar-refractivity contribution in [1.82, 2.24) is 4.90 Å². The third-order valence-corrected chi connectivity index (χ3v) is 7.85. The average molecular weight is 429 g/mol. The number of hydrogen-bond donors (Lipinski definition) is 0. The van der Waals surface area contributed by atoms with E-state index in [0.29, 0.717) is 18.0 Å². The third kappa shape index (κ3) is 3.44. The van der Waals surface area contributed by atoms with Gasteiger partial charge in [-0.3, -0.25) is 9.69 Å². The molecule has 1 amide bonds. The number of aryl methyl sites for hydroxylation is 1. The zero-order valence-electron chi connectivity index (χ0n) is 16.8. The van der Waals surface area contributed by atoms with Crippen molar-refractivity contribution in [3.05, 3.63) is 53.6 Å². The number of fused-ring (bicyclic) bond motifs is 2. The molecule has 0 spiro atoms. The Balaban J connectivity index is 1.44. The average Bonchev–Trinajstić information content (AvgIpc) is 3.31. The maximum atomic E-state index is 13.1. The largest absolute Gasteiger partial charge is 0.454 e. The lowest BCUT2D eigenvalue weighted by atomic mass is 10.0. The van der Waals surface area contributed by atoms with Crippen LogP contribution in [0.5, 0.6) is 11.5 Å². The molecular weight excluding hydrogens is 404 g/mol. The normalized spacial score (nSPS) is 24.8. The van der Waals surface area contributed by atoms with Gasteiger partial charge < -0.3 is 14.4 Å². The number of anilines is 1. The number of sulfone groups is 1. The molecule has 3 aliphatic heterocycles. The van der Waals surface area contributed by atoms with Crippen LogP contribution in [0.25, 0.3) is 0 Å². The van der Waals surface area contributed by atoms with E-state index in [0.717, 1.165) is 17.7 Å². The fourth-order valence-electron chi connectivity index (χ4n) is 4.63. The van der Waals surface area contributed by atoms with Crippen LogP contribution in [0.3, 0.4) is 0 Å². The molecule has 8 heteroatoms. The van der Waals surface area contributed by atoms with E-state index in [2.05, 4.69) is 6.92 Å². The minimum Gasteiger partial charge on any atom is -0.454 e. The molecule has 7 nitrogen and oxygen atoms in total. The van der Waals surface area contributed by atoms with E-state index in [1.165, 1.54) is 5.56 Å². The summed E-state index contributed by atoms with van der Waals surface area (Å²) in [7, 11) is -3.22. The SMILES string of the molecule is CCc1ccc(N2C(=O)CN(Cc3ccc4c(c3)OCO4)[C@H]3CS(=O)(=O)C[C@H]32)cc1. The van der Waals surface area contributed by atoms with Gasteiger partial charge in [0.2, 0.25) is 12.7 Å². The van der Waals surface area contributed by atoms with Crippen LogP contribution >= 0.6 is 0 Å². The zero-order valence-corrected chi connectivity index (χ0v) is 17.6. The first-order chi connectivity index (χ1) is 14.4. The Morgan fingerprint density at radius 3 is 2.43 bits per heavy atom. The van der Waals surface area contributed by atoms with Crippen LogP contribution in [0, 0.1) is 0 Å². The van der Waals surface area contributed by atoms with Crippen molar-refractivity contribution in [2.75, 3.05) is 29.7 Å². The summed E-state index contributed by atoms with van der Waals surface area (Å²) >= 11 is 0. The number of benzene rings is 2. The van der Waals surface area contributed by atoms with Crippen LogP contribution in [0.2, 0.25) is 0 Å². The van der Waals surface area contributed by atoms with E-state index in [1.807, 2.05) is 47.4 Å². The first kappa shape index (κ1) is 19.4. The molecule has 2 fully saturated rings. The van der Waals surface area contributed by atoms with Crippen molar-refractivity contribution in [1.29, 1.82) is 0 Å². The first-order valence-electron chi connectivity index (χ1n) is 10.2. The minimum absolute atomic E-state index is 0.00340. The molecule has 0 aromatic heterocycles. The number of piperazine rings is 1. The zero-order chi connectivity index (χ0) is 20.9. The molecule has 0 radical (unpaired) electrons. The highest BCUT2D eigenvalue weighted by Gasteiger charge is 2.49. The summed E-state index contributed by atoms with van der Waals surface area (Å²) in [5, 5.41) is 0. The number of hydrogen-bond acceptors (Lipinski definition) is 6. The Hall–Kier alpha value is -2.58. The van der Waals surface area contributed by atoms with Gasteiger partial charge in [0.25, 0.3) is 0 Å². The summed E-state index contributed by atoms with van der Waals surface area (Å²) < 4.78 is 35.9. The minimum atomic E-state index is -3.22. The van der Waals surface area contributed by atoms with Gasteiger partial charge >= 0.3 is 0 Å². The predicted octanol–water partition coefficient (Wildman–Crippen LogP) is 1.99. The third-order valence-electron chi connectivity index (χ3n) is 6.15. The molecule has 2 aromatic carbocycles. The van der Waals surface area contributed by atoms with Gasteiger partial charge in [-0.25, -0.2) is 8.42 Å². The first-order valence-corrected chi connectivity index (χ1v) is 12.0. The number of rotatable bonds is 4. The molecule has 2 aromatic rings. The van der Waals surface area contributed by atoms with Crippen molar-refractivity contribution in [3.63, 3.8) is 0 Å². The van der Waals surface area contributed by atoms with Crippen LogP contribution in [-0.4, -0.2) is 56.2 Å². The van der Waals surface area contributed by atoms with Gasteiger partial charge in [-0.1, -0.05) is 25.1 Å². The smallest absolute Gasteiger partial charge is 0.241 e. The Bertz CT molecular complexity index is 1080. The van der Waals surface area contributed by atoms with Gasteiger partial charge in [0.05, 0.1) is 24.1 Å². The number of amides is 1. The van der Waals surface area contributed by atoms with Gasteiger partial charge in [0.1, 0.15) is 0 Å². The molecule has 0 N–H and O–H groups in total. The number of ether oxygens (including phenoxy) is 2. The van der Waals surface area contributed by atoms with E-state index in [4.69, 9.17) is 9.47 Å². The van der Waals surface area contributed by atoms with Crippen LogP contribution in [0.15, 0.2) is 42.5 Å². The Morgan fingerprint density at radius 2 is 1.67 bits per heavy atom. The highest BCUT2D eigenvalue weighted by atomic mass is 32.2. The van der Waals surface area contributed by atoms with Gasteiger partial charge in [-0.15, -0.1) is 0 Å². The van der Waals surface area contributed by atoms with E-state index >= 15 is 0 Å². The molecule has 2 saturated heterocycles. The van der Waals surface area contributed by atoms with E-state index in [-0.39, 0.29) is 42.8 Å². The van der Waals surface area contributed by atoms with Crippen LogP contribution in [-0.2, 0) is 27.6 Å². The van der Waals surface area contributed by atoms with Gasteiger partial charge in [-0.2, -0.15) is 0 Å². The summed E-state index contributed by atoms with van der Waals surface area (Å²) in [6.45, 7) is 2.95. The fraction of sp³-hybridized carbons (Fsp3) is 0.409. The molecule has 0 saturated carbocycles. The van der Waals surface area contributed by atoms with Gasteiger partial charge in [0.15, 0.2) is 21.3 Å². The van der Waals surface area contributed by atoms with Gasteiger partial charge in [0, 0.05) is 18.3 Å². The molecule has 0 aliphatic carbocycles. The lowest BCUT2D eigenvalue weighted by molar-refractivity contribution is -0.123. The highest BCUT2D eigenvalue weighted by molar-refractivity contribution is 7.91. The number of carbonyl (C=O) groups is 1. The Labute approximate surface area is 176 Å². The molecule has 0 bridgehead atoms.